The van der Waals surface area contributed by atoms with Crippen molar-refractivity contribution in [2.75, 3.05) is 6.61 Å². The third-order valence-corrected chi connectivity index (χ3v) is 8.83. The van der Waals surface area contributed by atoms with Gasteiger partial charge in [-0.3, -0.25) is 0 Å². The second-order valence-electron chi connectivity index (χ2n) is 11.8. The number of aromatic nitrogens is 2. The van der Waals surface area contributed by atoms with Crippen LogP contribution >= 0.6 is 0 Å². The van der Waals surface area contributed by atoms with E-state index in [4.69, 9.17) is 4.74 Å². The summed E-state index contributed by atoms with van der Waals surface area (Å²) in [4.78, 5) is 9.20. The fourth-order valence-electron chi connectivity index (χ4n) is 4.63. The van der Waals surface area contributed by atoms with Crippen LogP contribution in [0.15, 0.2) is 36.7 Å². The molecule has 0 spiro atoms. The van der Waals surface area contributed by atoms with Crippen molar-refractivity contribution in [2.45, 2.75) is 135 Å². The van der Waals surface area contributed by atoms with Crippen LogP contribution in [0.2, 0.25) is 25.7 Å². The SMILES string of the molecule is CCCCCCCCc1cnc(-c2ccc(OCCCCCCCCCCC[Si](C)(C)C)cc2)nc1. The fourth-order valence-corrected chi connectivity index (χ4v) is 5.94. The molecule has 0 aliphatic heterocycles. The van der Waals surface area contributed by atoms with Gasteiger partial charge in [-0.25, -0.2) is 9.97 Å². The van der Waals surface area contributed by atoms with Gasteiger partial charge in [-0.2, -0.15) is 0 Å². The molecule has 0 N–H and O–H groups in total. The minimum atomic E-state index is -0.822. The monoisotopic (exact) mass is 510 g/mol. The predicted molar refractivity (Wildman–Crippen MR) is 160 cm³/mol. The lowest BCUT2D eigenvalue weighted by Crippen LogP contribution is -2.18. The summed E-state index contributed by atoms with van der Waals surface area (Å²) in [6, 6.07) is 9.73. The molecule has 1 aromatic carbocycles. The minimum absolute atomic E-state index is 0.796. The molecule has 0 aliphatic carbocycles. The molecule has 2 aromatic rings. The van der Waals surface area contributed by atoms with Crippen LogP contribution in [0.25, 0.3) is 11.4 Å². The Balaban J connectivity index is 1.51. The second kappa shape index (κ2) is 18.5. The van der Waals surface area contributed by atoms with Crippen molar-refractivity contribution >= 4 is 8.07 Å². The van der Waals surface area contributed by atoms with E-state index in [1.807, 2.05) is 24.5 Å². The van der Waals surface area contributed by atoms with Crippen LogP contribution < -0.4 is 4.74 Å². The van der Waals surface area contributed by atoms with Crippen molar-refractivity contribution in [3.05, 3.63) is 42.2 Å². The molecule has 2 rings (SSSR count). The highest BCUT2D eigenvalue weighted by Crippen LogP contribution is 2.20. The Bertz CT molecular complexity index is 783. The first kappa shape index (κ1) is 30.5. The van der Waals surface area contributed by atoms with Crippen molar-refractivity contribution in [3.63, 3.8) is 0 Å². The minimum Gasteiger partial charge on any atom is -0.494 e. The molecule has 0 radical (unpaired) electrons. The van der Waals surface area contributed by atoms with Crippen molar-refractivity contribution in [3.8, 4) is 17.1 Å². The number of hydrogen-bond donors (Lipinski definition) is 0. The highest BCUT2D eigenvalue weighted by atomic mass is 28.3. The van der Waals surface area contributed by atoms with Crippen LogP contribution in [0, 0.1) is 0 Å². The zero-order valence-corrected chi connectivity index (χ0v) is 25.0. The number of hydrogen-bond acceptors (Lipinski definition) is 3. The van der Waals surface area contributed by atoms with Gasteiger partial charge in [0.05, 0.1) is 6.61 Å². The quantitative estimate of drug-likeness (QED) is 0.124. The summed E-state index contributed by atoms with van der Waals surface area (Å²) >= 11 is 0. The van der Waals surface area contributed by atoms with Crippen LogP contribution in [-0.4, -0.2) is 24.6 Å². The summed E-state index contributed by atoms with van der Waals surface area (Å²) in [7, 11) is -0.822. The number of unbranched alkanes of at least 4 members (excludes halogenated alkanes) is 13. The molecule has 0 unspecified atom stereocenters. The van der Waals surface area contributed by atoms with Gasteiger partial charge in [-0.15, -0.1) is 0 Å². The van der Waals surface area contributed by atoms with E-state index in [0.717, 1.165) is 36.6 Å². The smallest absolute Gasteiger partial charge is 0.159 e. The molecule has 1 heterocycles. The van der Waals surface area contributed by atoms with Gasteiger partial charge >= 0.3 is 0 Å². The summed E-state index contributed by atoms with van der Waals surface area (Å²) in [6.07, 6.45) is 25.2. The number of nitrogens with zero attached hydrogens (tertiary/aromatic N) is 2. The van der Waals surface area contributed by atoms with Crippen LogP contribution in [0.4, 0.5) is 0 Å². The zero-order chi connectivity index (χ0) is 25.9. The molecule has 4 heteroatoms. The lowest BCUT2D eigenvalue weighted by Gasteiger charge is -2.14. The molecular formula is C32H54N2OSi. The van der Waals surface area contributed by atoms with Gasteiger partial charge in [0.25, 0.3) is 0 Å². The maximum atomic E-state index is 5.96. The highest BCUT2D eigenvalue weighted by Gasteiger charge is 2.11. The van der Waals surface area contributed by atoms with E-state index in [9.17, 15) is 0 Å². The van der Waals surface area contributed by atoms with E-state index in [2.05, 4.69) is 48.7 Å². The number of benzene rings is 1. The average molecular weight is 511 g/mol. The third kappa shape index (κ3) is 14.8. The number of aryl methyl sites for hydroxylation is 1. The molecule has 0 bridgehead atoms. The molecule has 202 valence electrons. The highest BCUT2D eigenvalue weighted by molar-refractivity contribution is 6.76. The standard InChI is InChI=1S/C32H54N2OSi/c1-5-6-7-8-14-17-20-29-27-33-32(34-28-29)30-21-23-31(24-22-30)35-25-18-15-12-10-9-11-13-16-19-26-36(2,3)4/h21-24,27-28H,5-20,25-26H2,1-4H3. The van der Waals surface area contributed by atoms with Gasteiger partial charge in [-0.05, 0) is 49.1 Å². The molecule has 1 aromatic heterocycles. The van der Waals surface area contributed by atoms with Crippen molar-refractivity contribution in [2.24, 2.45) is 0 Å². The van der Waals surface area contributed by atoms with Gasteiger partial charge in [0, 0.05) is 26.0 Å². The Morgan fingerprint density at radius 2 is 1.17 bits per heavy atom. The van der Waals surface area contributed by atoms with Gasteiger partial charge in [0.15, 0.2) is 5.82 Å². The number of ether oxygens (including phenoxy) is 1. The lowest BCUT2D eigenvalue weighted by molar-refractivity contribution is 0.304. The Labute approximate surface area is 223 Å². The van der Waals surface area contributed by atoms with Gasteiger partial charge in [0.1, 0.15) is 5.75 Å². The maximum Gasteiger partial charge on any atom is 0.159 e. The first-order valence-electron chi connectivity index (χ1n) is 15.0. The number of rotatable bonds is 21. The largest absolute Gasteiger partial charge is 0.494 e. The molecule has 0 saturated heterocycles. The van der Waals surface area contributed by atoms with E-state index in [1.54, 1.807) is 0 Å². The Hall–Kier alpha value is -1.68. The van der Waals surface area contributed by atoms with Crippen LogP contribution in [0.3, 0.4) is 0 Å². The first-order valence-corrected chi connectivity index (χ1v) is 18.7. The van der Waals surface area contributed by atoms with E-state index in [0.29, 0.717) is 0 Å². The van der Waals surface area contributed by atoms with Crippen LogP contribution in [0.1, 0.15) is 109 Å². The van der Waals surface area contributed by atoms with Gasteiger partial charge < -0.3 is 4.74 Å². The van der Waals surface area contributed by atoms with Crippen molar-refractivity contribution < 1.29 is 4.74 Å². The lowest BCUT2D eigenvalue weighted by atomic mass is 10.1. The summed E-state index contributed by atoms with van der Waals surface area (Å²) in [5.74, 6) is 1.74. The zero-order valence-electron chi connectivity index (χ0n) is 24.0. The van der Waals surface area contributed by atoms with E-state index < -0.39 is 8.07 Å². The molecular weight excluding hydrogens is 456 g/mol. The van der Waals surface area contributed by atoms with Crippen LogP contribution in [0.5, 0.6) is 5.75 Å². The summed E-state index contributed by atoms with van der Waals surface area (Å²) in [6.45, 7) is 10.5. The van der Waals surface area contributed by atoms with Crippen LogP contribution in [-0.2, 0) is 6.42 Å². The van der Waals surface area contributed by atoms with E-state index in [-0.39, 0.29) is 0 Å². The van der Waals surface area contributed by atoms with Gasteiger partial charge in [0.2, 0.25) is 0 Å². The average Bonchev–Trinajstić information content (AvgIpc) is 2.87. The Kier molecular flexibility index (Phi) is 15.7. The van der Waals surface area contributed by atoms with Crippen molar-refractivity contribution in [1.29, 1.82) is 0 Å². The maximum absolute atomic E-state index is 5.96. The summed E-state index contributed by atoms with van der Waals surface area (Å²) in [5, 5.41) is 0. The van der Waals surface area contributed by atoms with E-state index >= 15 is 0 Å². The predicted octanol–water partition coefficient (Wildman–Crippen LogP) is 10.3. The molecule has 0 saturated carbocycles. The molecule has 36 heavy (non-hydrogen) atoms. The third-order valence-electron chi connectivity index (χ3n) is 6.98. The molecule has 0 aliphatic rings. The molecule has 0 amide bonds. The topological polar surface area (TPSA) is 35.0 Å². The Morgan fingerprint density at radius 3 is 1.75 bits per heavy atom. The molecule has 0 fully saturated rings. The Morgan fingerprint density at radius 1 is 0.639 bits per heavy atom. The molecule has 0 atom stereocenters. The first-order chi connectivity index (χ1) is 17.5. The second-order valence-corrected chi connectivity index (χ2v) is 17.4. The molecule has 3 nitrogen and oxygen atoms in total. The van der Waals surface area contributed by atoms with Crippen molar-refractivity contribution in [1.82, 2.24) is 9.97 Å². The normalized spacial score (nSPS) is 11.7. The van der Waals surface area contributed by atoms with Gasteiger partial charge in [-0.1, -0.05) is 116 Å². The summed E-state index contributed by atoms with van der Waals surface area (Å²) < 4.78 is 5.96. The van der Waals surface area contributed by atoms with E-state index in [1.165, 1.54) is 101 Å². The fraction of sp³-hybridized carbons (Fsp3) is 0.688. The summed E-state index contributed by atoms with van der Waals surface area (Å²) in [5.41, 5.74) is 2.29.